The smallest absolute Gasteiger partial charge is 0.321 e. The summed E-state index contributed by atoms with van der Waals surface area (Å²) in [6.45, 7) is 23.8. The molecule has 96 heavy (non-hydrogen) atoms. The number of imide groups is 1. The van der Waals surface area contributed by atoms with E-state index in [9.17, 15) is 38.4 Å². The number of carbonyl (C=O) groups excluding carboxylic acids is 8. The summed E-state index contributed by atoms with van der Waals surface area (Å²) >= 11 is 0. The van der Waals surface area contributed by atoms with Crippen molar-refractivity contribution >= 4 is 60.8 Å². The molecule has 0 bridgehead atoms. The van der Waals surface area contributed by atoms with Crippen LogP contribution in [-0.2, 0) is 28.8 Å². The van der Waals surface area contributed by atoms with Crippen molar-refractivity contribution in [2.45, 2.75) is 144 Å². The van der Waals surface area contributed by atoms with Crippen molar-refractivity contribution in [2.75, 3.05) is 78.6 Å². The minimum Gasteiger partial charge on any atom is -0.370 e. The maximum atomic E-state index is 12.4. The number of rotatable bonds is 21. The zero-order chi connectivity index (χ0) is 72.1. The molecule has 2 aliphatic heterocycles. The molecule has 3 unspecified atom stereocenters. The molecule has 20 nitrogen and oxygen atoms in total. The lowest BCUT2D eigenvalue weighted by Gasteiger charge is -2.21. The van der Waals surface area contributed by atoms with Gasteiger partial charge in [-0.1, -0.05) is 161 Å². The number of nitrogens with one attached hydrogen (secondary N) is 8. The second kappa shape index (κ2) is 54.2. The molecule has 526 valence electrons. The standard InChI is InChI=1S/C23H30N4O3.2C14H13NO.C8H17N.C5H10N2O2.C5H11N.C3H7NO.C2H7N.C2H6/c1-5-24-22(29)25-20-10-8-18(14-16(20)3)19-9-11-21(17(4)15-19)26-23(30)27(6-2)12-7-13-28;2*16-11-15-14(12-7-3-1-4-8-12)13-9-5-2-6-10-13;1-4-8-6-5-7(2)9(8)3;1-4(6-2)5(9)7-3-8;1-6-4-2-3-5-6;1-2-3(4)5;1-3-2;1-2/h8-11,13-15H,5-7,12H2,1-4H3,(H,26,30)(H2,24,25,29);2*1-11,14H,(H,15,16);7-8H,4-6H2,1-3H3;3-4,6H,1-2H3,(H,7,8,9);2-5H2,1H3;2H2,1H3,(H2,4,5);3H,1-2H3;1-2H3. The van der Waals surface area contributed by atoms with Crippen LogP contribution in [0.15, 0.2) is 158 Å². The Labute approximate surface area is 574 Å². The second-order valence-corrected chi connectivity index (χ2v) is 22.2. The van der Waals surface area contributed by atoms with Crippen LogP contribution in [0.2, 0.25) is 0 Å². The zero-order valence-electron chi connectivity index (χ0n) is 59.9. The van der Waals surface area contributed by atoms with Crippen LogP contribution in [0.3, 0.4) is 0 Å². The molecule has 6 aromatic rings. The van der Waals surface area contributed by atoms with Gasteiger partial charge in [-0.3, -0.25) is 29.3 Å². The highest BCUT2D eigenvalue weighted by atomic mass is 16.2. The van der Waals surface area contributed by atoms with Gasteiger partial charge in [0, 0.05) is 55.9 Å². The molecule has 8 rings (SSSR count). The van der Waals surface area contributed by atoms with Gasteiger partial charge < -0.3 is 62.4 Å². The topological polar surface area (TPSA) is 269 Å². The van der Waals surface area contributed by atoms with Gasteiger partial charge in [0.15, 0.2) is 0 Å². The molecule has 6 aromatic carbocycles. The van der Waals surface area contributed by atoms with Gasteiger partial charge in [-0.2, -0.15) is 0 Å². The number of nitrogens with zero attached hydrogens (tertiary/aromatic N) is 3. The maximum Gasteiger partial charge on any atom is 0.321 e. The molecule has 9 amide bonds. The number of benzene rings is 6. The van der Waals surface area contributed by atoms with Crippen LogP contribution in [0.1, 0.15) is 146 Å². The first-order chi connectivity index (χ1) is 46.3. The Morgan fingerprint density at radius 2 is 1.02 bits per heavy atom. The molecular weight excluding hydrogens is 1210 g/mol. The lowest BCUT2D eigenvalue weighted by molar-refractivity contribution is -0.126. The number of carbonyl (C=O) groups is 8. The van der Waals surface area contributed by atoms with Crippen molar-refractivity contribution in [1.29, 1.82) is 0 Å². The zero-order valence-corrected chi connectivity index (χ0v) is 59.9. The van der Waals surface area contributed by atoms with Crippen molar-refractivity contribution in [1.82, 2.24) is 46.6 Å². The third kappa shape index (κ3) is 36.0. The average Bonchev–Trinajstić information content (AvgIpc) is 1.25. The highest BCUT2D eigenvalue weighted by Crippen LogP contribution is 2.29. The van der Waals surface area contributed by atoms with Crippen LogP contribution in [0.25, 0.3) is 11.1 Å². The lowest BCUT2D eigenvalue weighted by Crippen LogP contribution is -2.39. The number of hydrogen-bond acceptors (Lipinski definition) is 12. The first kappa shape index (κ1) is 86.9. The van der Waals surface area contributed by atoms with Crippen LogP contribution < -0.4 is 48.3 Å². The monoisotopic (exact) mass is 1320 g/mol. The fourth-order valence-corrected chi connectivity index (χ4v) is 9.47. The van der Waals surface area contributed by atoms with Gasteiger partial charge in [-0.15, -0.1) is 0 Å². The van der Waals surface area contributed by atoms with Crippen LogP contribution in [0.5, 0.6) is 0 Å². The Balaban J connectivity index is 0.00000117. The molecule has 2 fully saturated rings. The summed E-state index contributed by atoms with van der Waals surface area (Å²) in [5.41, 5.74) is 14.4. The van der Waals surface area contributed by atoms with Crippen molar-refractivity contribution in [3.63, 3.8) is 0 Å². The summed E-state index contributed by atoms with van der Waals surface area (Å²) in [4.78, 5) is 92.4. The van der Waals surface area contributed by atoms with E-state index in [1.54, 1.807) is 25.8 Å². The quantitative estimate of drug-likeness (QED) is 0.0305. The van der Waals surface area contributed by atoms with E-state index in [2.05, 4.69) is 80.7 Å². The lowest BCUT2D eigenvalue weighted by atomic mass is 9.99. The molecule has 20 heteroatoms. The van der Waals surface area contributed by atoms with Gasteiger partial charge in [0.1, 0.15) is 6.29 Å². The Morgan fingerprint density at radius 3 is 1.29 bits per heavy atom. The predicted molar refractivity (Wildman–Crippen MR) is 395 cm³/mol. The molecule has 3 atom stereocenters. The fourth-order valence-electron chi connectivity index (χ4n) is 9.47. The van der Waals surface area contributed by atoms with Crippen LogP contribution >= 0.6 is 0 Å². The van der Waals surface area contributed by atoms with Crippen molar-refractivity contribution in [3.05, 3.63) is 191 Å². The molecule has 0 spiro atoms. The second-order valence-electron chi connectivity index (χ2n) is 22.2. The van der Waals surface area contributed by atoms with E-state index in [1.165, 1.54) is 45.2 Å². The minimum absolute atomic E-state index is 0.0695. The Kier molecular flexibility index (Phi) is 49.1. The number of likely N-dealkylation sites (tertiary alicyclic amines) is 2. The van der Waals surface area contributed by atoms with Crippen molar-refractivity contribution in [2.24, 2.45) is 5.73 Å². The predicted octanol–water partition coefficient (Wildman–Crippen LogP) is 11.8. The highest BCUT2D eigenvalue weighted by molar-refractivity contribution is 5.92. The van der Waals surface area contributed by atoms with Crippen LogP contribution in [-0.4, -0.2) is 150 Å². The van der Waals surface area contributed by atoms with E-state index in [4.69, 9.17) is 0 Å². The molecular formula is C76H114N12O8. The average molecular weight is 1320 g/mol. The molecule has 2 aliphatic rings. The maximum absolute atomic E-state index is 12.4. The molecule has 2 heterocycles. The van der Waals surface area contributed by atoms with E-state index < -0.39 is 0 Å². The Hall–Kier alpha value is -9.08. The number of primary amides is 1. The van der Waals surface area contributed by atoms with E-state index in [-0.39, 0.29) is 42.0 Å². The highest BCUT2D eigenvalue weighted by Gasteiger charge is 2.25. The number of nitrogens with two attached hydrogens (primary N) is 1. The molecule has 10 N–H and O–H groups in total. The van der Waals surface area contributed by atoms with Crippen LogP contribution in [0.4, 0.5) is 21.0 Å². The van der Waals surface area contributed by atoms with E-state index in [0.29, 0.717) is 38.9 Å². The van der Waals surface area contributed by atoms with Crippen LogP contribution in [0, 0.1) is 13.8 Å². The number of likely N-dealkylation sites (N-methyl/N-ethyl adjacent to an activating group) is 1. The SMILES string of the molecule is CC.CCC(N)=O.CCC1CCC(C)N1C.CCNC(=O)Nc1ccc(-c2ccc(NC(=O)N(CC)CCC=O)c(C)c2)cc1C.CN1CCCC1.CNC.CNC(C)C(=O)NC=O.O=CNC(c1ccccc1)c1ccccc1.O=CNC(c1ccccc1)c1ccccc1. The summed E-state index contributed by atoms with van der Waals surface area (Å²) < 4.78 is 0. The normalized spacial score (nSPS) is 13.5. The number of aryl methyl sites for hydroxylation is 2. The van der Waals surface area contributed by atoms with Gasteiger partial charge >= 0.3 is 12.1 Å². The summed E-state index contributed by atoms with van der Waals surface area (Å²) in [5.74, 6) is -0.558. The van der Waals surface area contributed by atoms with Crippen molar-refractivity contribution < 1.29 is 38.4 Å². The molecule has 0 aliphatic carbocycles. The third-order valence-corrected chi connectivity index (χ3v) is 15.2. The Morgan fingerprint density at radius 1 is 0.615 bits per heavy atom. The first-order valence-electron chi connectivity index (χ1n) is 33.3. The fraction of sp³-hybridized carbons (Fsp3) is 0.421. The number of aldehydes is 1. The molecule has 0 saturated carbocycles. The molecule has 0 aromatic heterocycles. The van der Waals surface area contributed by atoms with Gasteiger partial charge in [0.25, 0.3) is 0 Å². The van der Waals surface area contributed by atoms with Gasteiger partial charge in [0.2, 0.25) is 31.0 Å². The molecule has 2 saturated heterocycles. The first-order valence-corrected chi connectivity index (χ1v) is 33.3. The summed E-state index contributed by atoms with van der Waals surface area (Å²) in [6, 6.07) is 52.2. The summed E-state index contributed by atoms with van der Waals surface area (Å²) in [6.07, 6.45) is 10.4. The van der Waals surface area contributed by atoms with Gasteiger partial charge in [-0.05, 0) is 191 Å². The van der Waals surface area contributed by atoms with E-state index in [1.807, 2.05) is 219 Å². The van der Waals surface area contributed by atoms with E-state index >= 15 is 0 Å². The Bertz CT molecular complexity index is 2880. The summed E-state index contributed by atoms with van der Waals surface area (Å²) in [5, 5.41) is 21.6. The minimum atomic E-state index is -0.312. The number of amides is 9. The third-order valence-electron chi connectivity index (χ3n) is 15.2. The van der Waals surface area contributed by atoms with E-state index in [0.717, 1.165) is 87.1 Å². The molecule has 0 radical (unpaired) electrons. The largest absolute Gasteiger partial charge is 0.370 e. The summed E-state index contributed by atoms with van der Waals surface area (Å²) in [7, 11) is 9.81. The van der Waals surface area contributed by atoms with Gasteiger partial charge in [0.05, 0.1) is 18.1 Å². The number of urea groups is 2. The number of anilines is 2. The van der Waals surface area contributed by atoms with Crippen molar-refractivity contribution in [3.8, 4) is 11.1 Å². The number of hydrogen-bond donors (Lipinski definition) is 9. The van der Waals surface area contributed by atoms with Gasteiger partial charge in [-0.25, -0.2) is 9.59 Å².